The Morgan fingerprint density at radius 3 is 2.63 bits per heavy atom. The second kappa shape index (κ2) is 6.58. The van der Waals surface area contributed by atoms with Gasteiger partial charge in [-0.3, -0.25) is 9.59 Å². The fourth-order valence-electron chi connectivity index (χ4n) is 1.43. The van der Waals surface area contributed by atoms with E-state index in [9.17, 15) is 14.7 Å². The van der Waals surface area contributed by atoms with E-state index >= 15 is 0 Å². The van der Waals surface area contributed by atoms with Crippen LogP contribution in [0.1, 0.15) is 20.3 Å². The molecular weight excluding hydrogens is 246 g/mol. The normalized spacial score (nSPS) is 12.5. The number of rotatable bonds is 7. The number of aliphatic hydroxyl groups excluding tert-OH is 1. The summed E-state index contributed by atoms with van der Waals surface area (Å²) in [4.78, 5) is 22.8. The number of anilines is 1. The molecule has 0 atom stereocenters. The number of hydrogen-bond donors (Lipinski definition) is 2. The van der Waals surface area contributed by atoms with E-state index in [0.717, 1.165) is 6.42 Å². The highest BCUT2D eigenvalue weighted by Crippen LogP contribution is 2.20. The van der Waals surface area contributed by atoms with Gasteiger partial charge in [-0.25, -0.2) is 0 Å². The van der Waals surface area contributed by atoms with Crippen molar-refractivity contribution in [1.82, 2.24) is 0 Å². The van der Waals surface area contributed by atoms with Gasteiger partial charge in [0.2, 0.25) is 0 Å². The summed E-state index contributed by atoms with van der Waals surface area (Å²) in [6, 6.07) is 0. The zero-order valence-electron chi connectivity index (χ0n) is 11.0. The first-order valence-corrected chi connectivity index (χ1v) is 5.98. The minimum absolute atomic E-state index is 0.0134. The molecule has 0 amide bonds. The Morgan fingerprint density at radius 1 is 1.42 bits per heavy atom. The van der Waals surface area contributed by atoms with E-state index in [1.54, 1.807) is 13.0 Å². The van der Waals surface area contributed by atoms with Crippen LogP contribution in [0.15, 0.2) is 45.9 Å². The Kier molecular flexibility index (Phi) is 5.11. The first-order chi connectivity index (χ1) is 9.06. The molecule has 0 saturated heterocycles. The summed E-state index contributed by atoms with van der Waals surface area (Å²) in [7, 11) is 0. The molecule has 0 saturated carbocycles. The number of hydrogen-bond acceptors (Lipinski definition) is 5. The van der Waals surface area contributed by atoms with Crippen molar-refractivity contribution in [2.75, 3.05) is 11.9 Å². The molecule has 5 nitrogen and oxygen atoms in total. The average Bonchev–Trinajstić information content (AvgIpc) is 2.41. The van der Waals surface area contributed by atoms with Crippen LogP contribution in [-0.2, 0) is 0 Å². The van der Waals surface area contributed by atoms with Crippen LogP contribution in [0.25, 0.3) is 0 Å². The van der Waals surface area contributed by atoms with E-state index < -0.39 is 10.9 Å². The van der Waals surface area contributed by atoms with Crippen molar-refractivity contribution in [3.05, 3.63) is 56.7 Å². The molecule has 0 spiro atoms. The second-order valence-electron chi connectivity index (χ2n) is 3.84. The van der Waals surface area contributed by atoms with Crippen LogP contribution in [-0.4, -0.2) is 11.7 Å². The largest absolute Gasteiger partial charge is 0.506 e. The van der Waals surface area contributed by atoms with E-state index in [4.69, 9.17) is 4.74 Å². The van der Waals surface area contributed by atoms with E-state index in [-0.39, 0.29) is 22.9 Å². The predicted octanol–water partition coefficient (Wildman–Crippen LogP) is 2.01. The Labute approximate surface area is 111 Å². The molecule has 1 aromatic rings. The van der Waals surface area contributed by atoms with E-state index in [1.807, 2.05) is 6.92 Å². The molecule has 0 aromatic heterocycles. The molecule has 0 aliphatic rings. The first-order valence-electron chi connectivity index (χ1n) is 5.98. The van der Waals surface area contributed by atoms with E-state index in [2.05, 4.69) is 11.9 Å². The Morgan fingerprint density at radius 2 is 2.11 bits per heavy atom. The molecule has 1 aromatic carbocycles. The van der Waals surface area contributed by atoms with Crippen LogP contribution in [0.4, 0.5) is 5.69 Å². The Hall–Kier alpha value is -2.30. The maximum absolute atomic E-state index is 11.5. The van der Waals surface area contributed by atoms with Gasteiger partial charge >= 0.3 is 0 Å². The maximum atomic E-state index is 11.5. The highest BCUT2D eigenvalue weighted by molar-refractivity contribution is 5.65. The lowest BCUT2D eigenvalue weighted by molar-refractivity contribution is 0.312. The zero-order valence-corrected chi connectivity index (χ0v) is 11.0. The third-order valence-corrected chi connectivity index (χ3v) is 2.38. The summed E-state index contributed by atoms with van der Waals surface area (Å²) in [5, 5.41) is 12.4. The number of allylic oxidation sites excluding steroid dienone is 3. The van der Waals surface area contributed by atoms with Crippen LogP contribution in [0, 0.1) is 0 Å². The third kappa shape index (κ3) is 3.13. The van der Waals surface area contributed by atoms with Crippen LogP contribution in [0.2, 0.25) is 0 Å². The molecule has 5 heteroatoms. The number of nitrogens with one attached hydrogen (secondary N) is 1. The van der Waals surface area contributed by atoms with Crippen molar-refractivity contribution < 1.29 is 9.84 Å². The van der Waals surface area contributed by atoms with Gasteiger partial charge in [-0.1, -0.05) is 19.6 Å². The maximum Gasteiger partial charge on any atom is 0.272 e. The Balaban J connectivity index is 3.02. The van der Waals surface area contributed by atoms with Gasteiger partial charge in [0.15, 0.2) is 5.75 Å². The van der Waals surface area contributed by atoms with Gasteiger partial charge in [0.1, 0.15) is 11.4 Å². The molecule has 2 N–H and O–H groups in total. The van der Waals surface area contributed by atoms with Crippen LogP contribution in [0.5, 0.6) is 5.75 Å². The fourth-order valence-corrected chi connectivity index (χ4v) is 1.43. The van der Waals surface area contributed by atoms with Crippen LogP contribution >= 0.6 is 0 Å². The molecule has 1 rings (SSSR count). The predicted molar refractivity (Wildman–Crippen MR) is 75.4 cm³/mol. The second-order valence-corrected chi connectivity index (χ2v) is 3.84. The van der Waals surface area contributed by atoms with Gasteiger partial charge in [0, 0.05) is 0 Å². The van der Waals surface area contributed by atoms with Crippen molar-refractivity contribution in [3.8, 4) is 5.75 Å². The van der Waals surface area contributed by atoms with Gasteiger partial charge in [-0.2, -0.15) is 0 Å². The fraction of sp³-hybridized carbons (Fsp3) is 0.286. The highest BCUT2D eigenvalue weighted by atomic mass is 16.5. The van der Waals surface area contributed by atoms with Crippen LogP contribution in [0.3, 0.4) is 0 Å². The number of aliphatic hydroxyl groups is 1. The van der Waals surface area contributed by atoms with E-state index in [0.29, 0.717) is 6.61 Å². The van der Waals surface area contributed by atoms with E-state index in [1.165, 1.54) is 12.2 Å². The molecule has 19 heavy (non-hydrogen) atoms. The summed E-state index contributed by atoms with van der Waals surface area (Å²) >= 11 is 0. The summed E-state index contributed by atoms with van der Waals surface area (Å²) < 4.78 is 5.20. The molecular formula is C14H17NO4. The summed E-state index contributed by atoms with van der Waals surface area (Å²) in [6.45, 7) is 7.52. The van der Waals surface area contributed by atoms with Gasteiger partial charge in [-0.15, -0.1) is 0 Å². The van der Waals surface area contributed by atoms with Gasteiger partial charge < -0.3 is 15.2 Å². The molecule has 0 bridgehead atoms. The molecule has 0 unspecified atom stereocenters. The SMILES string of the molecule is C=C/C(Nc1c(OCCC)c(=O)c1=O)=C(O)\C=C/C. The van der Waals surface area contributed by atoms with Crippen molar-refractivity contribution in [1.29, 1.82) is 0 Å². The van der Waals surface area contributed by atoms with Crippen molar-refractivity contribution in [2.45, 2.75) is 20.3 Å². The van der Waals surface area contributed by atoms with Crippen molar-refractivity contribution >= 4 is 5.69 Å². The summed E-state index contributed by atoms with van der Waals surface area (Å²) in [6.07, 6.45) is 5.17. The quantitative estimate of drug-likeness (QED) is 0.447. The molecule has 102 valence electrons. The minimum atomic E-state index is -0.654. The lowest BCUT2D eigenvalue weighted by Crippen LogP contribution is -2.35. The van der Waals surface area contributed by atoms with Crippen LogP contribution < -0.4 is 20.9 Å². The number of ether oxygens (including phenoxy) is 1. The molecule has 0 heterocycles. The zero-order chi connectivity index (χ0) is 14.4. The molecule has 0 aliphatic heterocycles. The minimum Gasteiger partial charge on any atom is -0.506 e. The van der Waals surface area contributed by atoms with Crippen molar-refractivity contribution in [3.63, 3.8) is 0 Å². The third-order valence-electron chi connectivity index (χ3n) is 2.38. The summed E-state index contributed by atoms with van der Waals surface area (Å²) in [5.41, 5.74) is -1.00. The first kappa shape index (κ1) is 14.8. The molecule has 0 aliphatic carbocycles. The lowest BCUT2D eigenvalue weighted by atomic mass is 10.2. The Bertz CT molecular complexity index is 589. The van der Waals surface area contributed by atoms with Crippen molar-refractivity contribution in [2.24, 2.45) is 0 Å². The average molecular weight is 263 g/mol. The monoisotopic (exact) mass is 263 g/mol. The highest BCUT2D eigenvalue weighted by Gasteiger charge is 2.23. The summed E-state index contributed by atoms with van der Waals surface area (Å²) in [5.74, 6) is -0.0635. The molecule has 0 fully saturated rings. The van der Waals surface area contributed by atoms with Gasteiger partial charge in [0.05, 0.1) is 12.3 Å². The molecule has 0 radical (unpaired) electrons. The smallest absolute Gasteiger partial charge is 0.272 e. The standard InChI is InChI=1S/C14H17NO4/c1-4-7-10(16)9(6-3)15-11-12(17)13(18)14(11)19-8-5-2/h4,6-7,15-16H,3,5,8H2,1-2H3/b7-4-,10-9-. The van der Waals surface area contributed by atoms with Gasteiger partial charge in [-0.05, 0) is 25.5 Å². The van der Waals surface area contributed by atoms with Gasteiger partial charge in [0.25, 0.3) is 10.9 Å². The topological polar surface area (TPSA) is 75.6 Å². The lowest BCUT2D eigenvalue weighted by Gasteiger charge is -2.14.